The van der Waals surface area contributed by atoms with E-state index in [1.807, 2.05) is 4.90 Å². The van der Waals surface area contributed by atoms with E-state index in [-0.39, 0.29) is 0 Å². The van der Waals surface area contributed by atoms with Crippen LogP contribution in [0.4, 0.5) is 0 Å². The first-order valence-electron chi connectivity index (χ1n) is 6.94. The molecule has 0 saturated carbocycles. The van der Waals surface area contributed by atoms with E-state index in [1.54, 1.807) is 0 Å². The first kappa shape index (κ1) is 12.8. The molecule has 1 amide bonds. The molecule has 2 saturated heterocycles. The molecule has 4 heteroatoms. The molecular weight excluding hydrogens is 216 g/mol. The number of hydrogen-bond donors (Lipinski definition) is 0. The Hall–Kier alpha value is -0.610. The van der Waals surface area contributed by atoms with Crippen molar-refractivity contribution in [1.29, 1.82) is 0 Å². The molecule has 0 aliphatic carbocycles. The van der Waals surface area contributed by atoms with Crippen molar-refractivity contribution in [3.63, 3.8) is 0 Å². The standard InChI is InChI=1S/C13H24N2O2/c16-13(15-9-11-17-12-10-15)5-4-8-14-6-2-1-3-7-14/h1-12H2. The summed E-state index contributed by atoms with van der Waals surface area (Å²) in [4.78, 5) is 16.3. The largest absolute Gasteiger partial charge is 0.378 e. The Labute approximate surface area is 104 Å². The average molecular weight is 240 g/mol. The van der Waals surface area contributed by atoms with Gasteiger partial charge in [-0.1, -0.05) is 6.42 Å². The highest BCUT2D eigenvalue weighted by Gasteiger charge is 2.17. The summed E-state index contributed by atoms with van der Waals surface area (Å²) in [6, 6.07) is 0. The van der Waals surface area contributed by atoms with Gasteiger partial charge in [-0.05, 0) is 38.9 Å². The first-order chi connectivity index (χ1) is 8.36. The highest BCUT2D eigenvalue weighted by atomic mass is 16.5. The highest BCUT2D eigenvalue weighted by Crippen LogP contribution is 2.10. The van der Waals surface area contributed by atoms with Crippen molar-refractivity contribution in [3.8, 4) is 0 Å². The zero-order valence-electron chi connectivity index (χ0n) is 10.7. The fraction of sp³-hybridized carbons (Fsp3) is 0.923. The second-order valence-electron chi connectivity index (χ2n) is 5.00. The Morgan fingerprint density at radius 2 is 1.71 bits per heavy atom. The topological polar surface area (TPSA) is 32.8 Å². The van der Waals surface area contributed by atoms with Crippen LogP contribution in [0.2, 0.25) is 0 Å². The summed E-state index contributed by atoms with van der Waals surface area (Å²) < 4.78 is 5.25. The van der Waals surface area contributed by atoms with E-state index in [0.717, 1.165) is 26.1 Å². The molecule has 4 nitrogen and oxygen atoms in total. The fourth-order valence-corrected chi connectivity index (χ4v) is 2.61. The average Bonchev–Trinajstić information content (AvgIpc) is 2.41. The Morgan fingerprint density at radius 3 is 2.41 bits per heavy atom. The number of hydrogen-bond acceptors (Lipinski definition) is 3. The number of rotatable bonds is 4. The van der Waals surface area contributed by atoms with Gasteiger partial charge in [0.15, 0.2) is 0 Å². The van der Waals surface area contributed by atoms with Gasteiger partial charge in [0, 0.05) is 19.5 Å². The Morgan fingerprint density at radius 1 is 1.00 bits per heavy atom. The smallest absolute Gasteiger partial charge is 0.222 e. The lowest BCUT2D eigenvalue weighted by Crippen LogP contribution is -2.41. The summed E-state index contributed by atoms with van der Waals surface area (Å²) in [5.74, 6) is 0.310. The lowest BCUT2D eigenvalue weighted by molar-refractivity contribution is -0.135. The molecule has 0 atom stereocenters. The summed E-state index contributed by atoms with van der Waals surface area (Å²) in [5, 5.41) is 0. The summed E-state index contributed by atoms with van der Waals surface area (Å²) in [5.41, 5.74) is 0. The molecule has 98 valence electrons. The van der Waals surface area contributed by atoms with Crippen molar-refractivity contribution in [2.24, 2.45) is 0 Å². The van der Waals surface area contributed by atoms with Gasteiger partial charge in [0.1, 0.15) is 0 Å². The minimum atomic E-state index is 0.310. The number of likely N-dealkylation sites (tertiary alicyclic amines) is 1. The van der Waals surface area contributed by atoms with Crippen molar-refractivity contribution in [2.45, 2.75) is 32.1 Å². The van der Waals surface area contributed by atoms with E-state index in [4.69, 9.17) is 4.74 Å². The highest BCUT2D eigenvalue weighted by molar-refractivity contribution is 5.76. The van der Waals surface area contributed by atoms with E-state index in [2.05, 4.69) is 4.90 Å². The van der Waals surface area contributed by atoms with E-state index in [9.17, 15) is 4.79 Å². The maximum absolute atomic E-state index is 11.9. The van der Waals surface area contributed by atoms with Crippen LogP contribution in [0.3, 0.4) is 0 Å². The molecule has 2 aliphatic rings. The molecule has 17 heavy (non-hydrogen) atoms. The van der Waals surface area contributed by atoms with Gasteiger partial charge in [-0.15, -0.1) is 0 Å². The molecule has 2 fully saturated rings. The van der Waals surface area contributed by atoms with E-state index >= 15 is 0 Å². The molecule has 0 bridgehead atoms. The quantitative estimate of drug-likeness (QED) is 0.738. The van der Waals surface area contributed by atoms with Gasteiger partial charge in [-0.25, -0.2) is 0 Å². The SMILES string of the molecule is O=C(CCCN1CCCCC1)N1CCOCC1. The second-order valence-corrected chi connectivity index (χ2v) is 5.00. The monoisotopic (exact) mass is 240 g/mol. The predicted octanol–water partition coefficient (Wildman–Crippen LogP) is 1.11. The number of amides is 1. The Balaban J connectivity index is 1.58. The minimum absolute atomic E-state index is 0.310. The number of carbonyl (C=O) groups excluding carboxylic acids is 1. The van der Waals surface area contributed by atoms with Crippen molar-refractivity contribution < 1.29 is 9.53 Å². The molecule has 0 N–H and O–H groups in total. The third-order valence-electron chi connectivity index (χ3n) is 3.68. The number of ether oxygens (including phenoxy) is 1. The lowest BCUT2D eigenvalue weighted by Gasteiger charge is -2.28. The van der Waals surface area contributed by atoms with Crippen molar-refractivity contribution in [3.05, 3.63) is 0 Å². The van der Waals surface area contributed by atoms with Crippen LogP contribution in [0.15, 0.2) is 0 Å². The fourth-order valence-electron chi connectivity index (χ4n) is 2.61. The molecule has 0 aromatic carbocycles. The normalized spacial score (nSPS) is 22.7. The van der Waals surface area contributed by atoms with Crippen molar-refractivity contribution in [2.75, 3.05) is 45.9 Å². The zero-order valence-corrected chi connectivity index (χ0v) is 10.7. The molecule has 0 radical (unpaired) electrons. The molecule has 2 heterocycles. The van der Waals surface area contributed by atoms with E-state index < -0.39 is 0 Å². The maximum Gasteiger partial charge on any atom is 0.222 e. The van der Waals surface area contributed by atoms with E-state index in [1.165, 1.54) is 32.4 Å². The van der Waals surface area contributed by atoms with Crippen LogP contribution in [0, 0.1) is 0 Å². The van der Waals surface area contributed by atoms with Gasteiger partial charge in [-0.2, -0.15) is 0 Å². The van der Waals surface area contributed by atoms with Gasteiger partial charge >= 0.3 is 0 Å². The van der Waals surface area contributed by atoms with Crippen LogP contribution in [0.25, 0.3) is 0 Å². The maximum atomic E-state index is 11.9. The van der Waals surface area contributed by atoms with Crippen LogP contribution in [0.5, 0.6) is 0 Å². The third kappa shape index (κ3) is 4.28. The number of morpholine rings is 1. The molecule has 0 spiro atoms. The third-order valence-corrected chi connectivity index (χ3v) is 3.68. The van der Waals surface area contributed by atoms with Gasteiger partial charge < -0.3 is 14.5 Å². The zero-order chi connectivity index (χ0) is 11.9. The van der Waals surface area contributed by atoms with Crippen molar-refractivity contribution in [1.82, 2.24) is 9.80 Å². The van der Waals surface area contributed by atoms with Gasteiger partial charge in [0.2, 0.25) is 5.91 Å². The summed E-state index contributed by atoms with van der Waals surface area (Å²) in [6.07, 6.45) is 5.75. The summed E-state index contributed by atoms with van der Waals surface area (Å²) in [6.45, 7) is 6.52. The van der Waals surface area contributed by atoms with Crippen LogP contribution >= 0.6 is 0 Å². The van der Waals surface area contributed by atoms with Gasteiger partial charge in [-0.3, -0.25) is 4.79 Å². The van der Waals surface area contributed by atoms with Crippen LogP contribution < -0.4 is 0 Å². The van der Waals surface area contributed by atoms with Crippen LogP contribution in [-0.2, 0) is 9.53 Å². The second kappa shape index (κ2) is 6.97. The Bertz CT molecular complexity index is 234. The van der Waals surface area contributed by atoms with Crippen LogP contribution in [0.1, 0.15) is 32.1 Å². The minimum Gasteiger partial charge on any atom is -0.378 e. The number of carbonyl (C=O) groups is 1. The summed E-state index contributed by atoms with van der Waals surface area (Å²) >= 11 is 0. The lowest BCUT2D eigenvalue weighted by atomic mass is 10.1. The van der Waals surface area contributed by atoms with E-state index in [0.29, 0.717) is 25.5 Å². The molecule has 0 unspecified atom stereocenters. The van der Waals surface area contributed by atoms with Gasteiger partial charge in [0.25, 0.3) is 0 Å². The Kier molecular flexibility index (Phi) is 5.26. The number of nitrogens with zero attached hydrogens (tertiary/aromatic N) is 2. The molecular formula is C13H24N2O2. The van der Waals surface area contributed by atoms with Crippen LogP contribution in [-0.4, -0.2) is 61.6 Å². The molecule has 2 rings (SSSR count). The van der Waals surface area contributed by atoms with Gasteiger partial charge in [0.05, 0.1) is 13.2 Å². The molecule has 2 aliphatic heterocycles. The summed E-state index contributed by atoms with van der Waals surface area (Å²) in [7, 11) is 0. The number of piperidine rings is 1. The first-order valence-corrected chi connectivity index (χ1v) is 6.94. The molecule has 0 aromatic rings. The predicted molar refractivity (Wildman–Crippen MR) is 66.9 cm³/mol. The van der Waals surface area contributed by atoms with Crippen molar-refractivity contribution >= 4 is 5.91 Å². The molecule has 0 aromatic heterocycles.